The normalized spacial score (nSPS) is 16.7. The second-order valence-corrected chi connectivity index (χ2v) is 36.5. The number of esters is 3. The Morgan fingerprint density at radius 2 is 0.957 bits per heavy atom. The summed E-state index contributed by atoms with van der Waals surface area (Å²) in [6.45, 7) is 15.1. The van der Waals surface area contributed by atoms with Crippen molar-refractivity contribution in [2.45, 2.75) is 160 Å². The van der Waals surface area contributed by atoms with E-state index >= 15 is 0 Å². The molecule has 484 valence electrons. The molecule has 4 aromatic heterocycles. The Bertz CT molecular complexity index is 4340. The van der Waals surface area contributed by atoms with E-state index in [1.807, 2.05) is 97.1 Å². The van der Waals surface area contributed by atoms with Gasteiger partial charge in [0.05, 0.1) is 64.6 Å². The van der Waals surface area contributed by atoms with Gasteiger partial charge in [0.15, 0.2) is 0 Å². The van der Waals surface area contributed by atoms with E-state index in [9.17, 15) is 38.7 Å². The first-order chi connectivity index (χ1) is 44.7. The number of aryl methyl sites for hydroxylation is 2. The van der Waals surface area contributed by atoms with Gasteiger partial charge in [-0.3, -0.25) is 14.4 Å². The zero-order valence-corrected chi connectivity index (χ0v) is 55.7. The summed E-state index contributed by atoms with van der Waals surface area (Å²) < 4.78 is 41.8. The highest BCUT2D eigenvalue weighted by atomic mass is 28.3. The summed E-state index contributed by atoms with van der Waals surface area (Å²) in [6, 6.07) is 42.0. The monoisotopic (exact) mass is 1290 g/mol. The molecular weight excluding hydrogens is 1220 g/mol. The summed E-state index contributed by atoms with van der Waals surface area (Å²) in [5.41, 5.74) is 6.97. The zero-order chi connectivity index (χ0) is 65.8. The SMILES string of the molecule is CC[C@@]1(OC(=O)OCc2ccccc2)C(=O)OCc2c1cc1n(c2=O)Cc2c-1nc1ccccc1c2CC[Si](C)(C)CCCO.CC[C@@]1(OC(=O)OCc2ccccc2)C(=O)OCc2c1cc1n(c2=O)Cc2c-1nc1ccccc1c2CC[Si](C)(C)CCCOC(C)=O. The second kappa shape index (κ2) is 27.3. The summed E-state index contributed by atoms with van der Waals surface area (Å²) in [5, 5.41) is 11.5. The molecule has 0 bridgehead atoms. The van der Waals surface area contributed by atoms with E-state index < -0.39 is 51.6 Å². The Morgan fingerprint density at radius 3 is 1.37 bits per heavy atom. The number of aromatic nitrogens is 4. The van der Waals surface area contributed by atoms with Crippen LogP contribution in [-0.4, -0.2) is 83.8 Å². The lowest BCUT2D eigenvalue weighted by Gasteiger charge is -2.35. The maximum absolute atomic E-state index is 14.1. The highest BCUT2D eigenvalue weighted by Gasteiger charge is 2.53. The van der Waals surface area contributed by atoms with Crippen molar-refractivity contribution in [1.82, 2.24) is 19.1 Å². The molecule has 1 N–H and O–H groups in total. The third-order valence-corrected chi connectivity index (χ3v) is 25.3. The van der Waals surface area contributed by atoms with Gasteiger partial charge in [0.1, 0.15) is 26.4 Å². The third kappa shape index (κ3) is 13.3. The van der Waals surface area contributed by atoms with Crippen molar-refractivity contribution in [3.05, 3.63) is 198 Å². The lowest BCUT2D eigenvalue weighted by Crippen LogP contribution is -2.47. The maximum atomic E-state index is 14.1. The fraction of sp³-hybridized carbons (Fsp3) is 0.375. The number of rotatable bonds is 21. The number of cyclic esters (lactones) is 2. The molecule has 0 spiro atoms. The van der Waals surface area contributed by atoms with Crippen LogP contribution in [0.2, 0.25) is 50.4 Å². The average Bonchev–Trinajstić information content (AvgIpc) is 1.66. The Balaban J connectivity index is 0.000000191. The van der Waals surface area contributed by atoms with E-state index in [0.29, 0.717) is 53.6 Å². The number of fused-ring (bicyclic) bond motifs is 10. The van der Waals surface area contributed by atoms with E-state index in [2.05, 4.69) is 38.3 Å². The van der Waals surface area contributed by atoms with Crippen molar-refractivity contribution in [2.75, 3.05) is 13.2 Å². The number of aliphatic hydroxyl groups is 1. The molecule has 93 heavy (non-hydrogen) atoms. The zero-order valence-electron chi connectivity index (χ0n) is 53.7. The van der Waals surface area contributed by atoms with Crippen LogP contribution in [-0.2, 0) is 111 Å². The lowest BCUT2D eigenvalue weighted by atomic mass is 9.85. The molecule has 4 aliphatic rings. The molecular formula is C72H78N4O15Si2. The van der Waals surface area contributed by atoms with Gasteiger partial charge in [-0.2, -0.15) is 0 Å². The summed E-state index contributed by atoms with van der Waals surface area (Å²) in [4.78, 5) is 102. The number of carbonyl (C=O) groups excluding carboxylic acids is 5. The smallest absolute Gasteiger partial charge is 0.466 e. The molecule has 19 nitrogen and oxygen atoms in total. The number of para-hydroxylation sites is 2. The van der Waals surface area contributed by atoms with Gasteiger partial charge in [0.25, 0.3) is 11.1 Å². The molecule has 0 aliphatic carbocycles. The van der Waals surface area contributed by atoms with E-state index in [4.69, 9.17) is 43.1 Å². The fourth-order valence-electron chi connectivity index (χ4n) is 13.4. The molecule has 0 saturated carbocycles. The van der Waals surface area contributed by atoms with Crippen molar-refractivity contribution < 1.29 is 62.2 Å². The minimum atomic E-state index is -1.85. The standard InChI is InChI=1S/C37H40N2O8Si.C35H38N2O7Si/c1-5-37(47-36(43)46-22-25-12-7-6-8-13-25)30-20-32-33-28(21-39(32)34(41)29(30)23-45-35(37)42)26(27-14-9-10-15-31(27)38-33)16-19-48(3,4)18-11-17-44-24(2)40;1-4-35(44-34(41)43-21-23-11-6-5-7-12-23)28-19-30-31-26(20-37(30)32(39)27(28)22-42-33(35)40)24(15-18-45(2,3)17-10-16-38)25-13-8-9-14-29(25)36-31/h6-10,12-15,20H,5,11,16-19,21-23H2,1-4H3;5-9,11-14,19,38H,4,10,15-18,20-22H2,1-3H3/t37-;35-/m00/s1. The Morgan fingerprint density at radius 1 is 0.548 bits per heavy atom. The van der Waals surface area contributed by atoms with E-state index in [0.717, 1.165) is 99.5 Å². The number of ether oxygens (including phenoxy) is 7. The van der Waals surface area contributed by atoms with Crippen LogP contribution >= 0.6 is 0 Å². The first-order valence-electron chi connectivity index (χ1n) is 31.9. The molecule has 0 fully saturated rings. The van der Waals surface area contributed by atoms with Crippen molar-refractivity contribution >= 4 is 68.2 Å². The molecule has 4 aliphatic heterocycles. The lowest BCUT2D eigenvalue weighted by molar-refractivity contribution is -0.176. The van der Waals surface area contributed by atoms with Crippen LogP contribution in [0.3, 0.4) is 0 Å². The molecule has 0 amide bonds. The molecule has 12 rings (SSSR count). The van der Waals surface area contributed by atoms with Gasteiger partial charge in [-0.05, 0) is 85.0 Å². The van der Waals surface area contributed by atoms with Crippen molar-refractivity contribution in [3.8, 4) is 22.8 Å². The number of carbonyl (C=O) groups is 5. The predicted molar refractivity (Wildman–Crippen MR) is 355 cm³/mol. The number of pyridine rings is 4. The molecule has 8 heterocycles. The van der Waals surface area contributed by atoms with Crippen LogP contribution < -0.4 is 11.1 Å². The molecule has 21 heteroatoms. The van der Waals surface area contributed by atoms with Gasteiger partial charge in [-0.1, -0.05) is 161 Å². The molecule has 0 radical (unpaired) electrons. The van der Waals surface area contributed by atoms with Gasteiger partial charge in [0.2, 0.25) is 11.2 Å². The topological polar surface area (TPSA) is 240 Å². The minimum absolute atomic E-state index is 0.0268. The first kappa shape index (κ1) is 65.4. The van der Waals surface area contributed by atoms with Crippen molar-refractivity contribution in [1.29, 1.82) is 0 Å². The summed E-state index contributed by atoms with van der Waals surface area (Å²) in [6.07, 6.45) is 1.35. The van der Waals surface area contributed by atoms with Gasteiger partial charge in [-0.25, -0.2) is 29.1 Å². The van der Waals surface area contributed by atoms with Gasteiger partial charge in [0, 0.05) is 62.7 Å². The quantitative estimate of drug-likeness (QED) is 0.0304. The second-order valence-electron chi connectivity index (χ2n) is 25.9. The number of hydrogen-bond donors (Lipinski definition) is 1. The average molecular weight is 1300 g/mol. The molecule has 2 atom stereocenters. The highest BCUT2D eigenvalue weighted by molar-refractivity contribution is 6.77. The largest absolute Gasteiger partial charge is 0.510 e. The van der Waals surface area contributed by atoms with E-state index in [-0.39, 0.29) is 74.1 Å². The number of hydrogen-bond acceptors (Lipinski definition) is 17. The Labute approximate surface area is 541 Å². The summed E-state index contributed by atoms with van der Waals surface area (Å²) in [5.74, 6) is -1.74. The number of benzene rings is 4. The fourth-order valence-corrected chi connectivity index (χ4v) is 18.0. The molecule has 4 aromatic carbocycles. The van der Waals surface area contributed by atoms with E-state index in [1.54, 1.807) is 35.1 Å². The molecule has 0 unspecified atom stereocenters. The molecule has 0 saturated heterocycles. The summed E-state index contributed by atoms with van der Waals surface area (Å²) >= 11 is 0. The van der Waals surface area contributed by atoms with E-state index in [1.165, 1.54) is 12.5 Å². The molecule has 8 aromatic rings. The number of nitrogens with zero attached hydrogens (tertiary/aromatic N) is 4. The summed E-state index contributed by atoms with van der Waals surface area (Å²) in [7, 11) is -3.24. The van der Waals surface area contributed by atoms with Gasteiger partial charge >= 0.3 is 30.2 Å². The van der Waals surface area contributed by atoms with Crippen LogP contribution in [0.25, 0.3) is 44.6 Å². The Kier molecular flexibility index (Phi) is 19.2. The van der Waals surface area contributed by atoms with Crippen LogP contribution in [0.15, 0.2) is 131 Å². The van der Waals surface area contributed by atoms with Crippen LogP contribution in [0.5, 0.6) is 0 Å². The van der Waals surface area contributed by atoms with Crippen molar-refractivity contribution in [3.63, 3.8) is 0 Å². The van der Waals surface area contributed by atoms with Crippen molar-refractivity contribution in [2.24, 2.45) is 0 Å². The van der Waals surface area contributed by atoms with Crippen LogP contribution in [0.1, 0.15) is 102 Å². The highest BCUT2D eigenvalue weighted by Crippen LogP contribution is 2.45. The van der Waals surface area contributed by atoms with Crippen LogP contribution in [0.4, 0.5) is 9.59 Å². The predicted octanol–water partition coefficient (Wildman–Crippen LogP) is 12.7. The maximum Gasteiger partial charge on any atom is 0.510 e. The van der Waals surface area contributed by atoms with Gasteiger partial charge in [-0.15, -0.1) is 0 Å². The third-order valence-electron chi connectivity index (χ3n) is 18.7. The minimum Gasteiger partial charge on any atom is -0.466 e. The van der Waals surface area contributed by atoms with Crippen LogP contribution in [0, 0.1) is 0 Å². The Hall–Kier alpha value is -9.06. The van der Waals surface area contributed by atoms with Gasteiger partial charge < -0.3 is 47.4 Å². The first-order valence-corrected chi connectivity index (χ1v) is 38.8. The number of aliphatic hydroxyl groups excluding tert-OH is 1.